The zero-order valence-electron chi connectivity index (χ0n) is 15.6. The molecule has 0 aromatic heterocycles. The van der Waals surface area contributed by atoms with Crippen molar-refractivity contribution in [2.45, 2.75) is 6.92 Å². The molecule has 1 heterocycles. The number of halogens is 1. The number of imide groups is 2. The molecule has 1 aliphatic heterocycles. The van der Waals surface area contributed by atoms with Crippen LogP contribution in [0.2, 0.25) is 5.02 Å². The largest absolute Gasteiger partial charge is 0.504 e. The Morgan fingerprint density at radius 2 is 1.90 bits per heavy atom. The number of barbiturate groups is 1. The summed E-state index contributed by atoms with van der Waals surface area (Å²) < 4.78 is 10.4. The van der Waals surface area contributed by atoms with E-state index in [0.717, 1.165) is 4.90 Å². The monoisotopic (exact) mass is 416 g/mol. The summed E-state index contributed by atoms with van der Waals surface area (Å²) in [6.45, 7) is 2.08. The molecule has 1 aliphatic rings. The quantitative estimate of drug-likeness (QED) is 0.573. The van der Waals surface area contributed by atoms with Gasteiger partial charge in [0.25, 0.3) is 11.8 Å². The lowest BCUT2D eigenvalue weighted by Gasteiger charge is -2.26. The van der Waals surface area contributed by atoms with E-state index >= 15 is 0 Å². The number of carbonyl (C=O) groups excluding carboxylic acids is 3. The number of urea groups is 1. The molecule has 4 amide bonds. The third-order valence-electron chi connectivity index (χ3n) is 4.09. The molecule has 3 rings (SSSR count). The first-order valence-corrected chi connectivity index (χ1v) is 8.94. The van der Waals surface area contributed by atoms with Gasteiger partial charge in [-0.25, -0.2) is 9.69 Å². The van der Waals surface area contributed by atoms with Gasteiger partial charge in [0.15, 0.2) is 11.5 Å². The van der Waals surface area contributed by atoms with Crippen LogP contribution in [0.5, 0.6) is 17.2 Å². The van der Waals surface area contributed by atoms with E-state index in [0.29, 0.717) is 17.9 Å². The molecule has 2 aromatic carbocycles. The lowest BCUT2D eigenvalue weighted by atomic mass is 10.1. The number of benzene rings is 2. The Labute approximate surface area is 171 Å². The van der Waals surface area contributed by atoms with Gasteiger partial charge in [-0.3, -0.25) is 14.9 Å². The number of hydrogen-bond donors (Lipinski definition) is 2. The molecular formula is C20H17ClN2O6. The number of nitrogens with one attached hydrogen (secondary N) is 1. The van der Waals surface area contributed by atoms with Crippen molar-refractivity contribution in [2.75, 3.05) is 18.6 Å². The molecular weight excluding hydrogens is 400 g/mol. The van der Waals surface area contributed by atoms with E-state index in [4.69, 9.17) is 21.1 Å². The van der Waals surface area contributed by atoms with Crippen LogP contribution in [0.15, 0.2) is 42.0 Å². The minimum Gasteiger partial charge on any atom is -0.504 e. The maximum atomic E-state index is 12.9. The predicted molar refractivity (Wildman–Crippen MR) is 106 cm³/mol. The van der Waals surface area contributed by atoms with Crippen LogP contribution in [0.25, 0.3) is 6.08 Å². The highest BCUT2D eigenvalue weighted by Gasteiger charge is 2.37. The molecule has 0 spiro atoms. The number of amides is 4. The van der Waals surface area contributed by atoms with Crippen LogP contribution in [-0.2, 0) is 9.59 Å². The van der Waals surface area contributed by atoms with Crippen molar-refractivity contribution < 1.29 is 29.0 Å². The number of hydrogen-bond acceptors (Lipinski definition) is 6. The number of carbonyl (C=O) groups is 3. The summed E-state index contributed by atoms with van der Waals surface area (Å²) in [5.41, 5.74) is 0.355. The number of aromatic hydroxyl groups is 1. The fourth-order valence-corrected chi connectivity index (χ4v) is 3.00. The Morgan fingerprint density at radius 1 is 1.14 bits per heavy atom. The zero-order chi connectivity index (χ0) is 21.1. The highest BCUT2D eigenvalue weighted by atomic mass is 35.5. The van der Waals surface area contributed by atoms with Crippen molar-refractivity contribution in [1.82, 2.24) is 5.32 Å². The van der Waals surface area contributed by atoms with Gasteiger partial charge >= 0.3 is 6.03 Å². The molecule has 0 unspecified atom stereocenters. The van der Waals surface area contributed by atoms with Gasteiger partial charge in [-0.1, -0.05) is 17.7 Å². The zero-order valence-corrected chi connectivity index (χ0v) is 16.3. The Kier molecular flexibility index (Phi) is 5.74. The minimum atomic E-state index is -0.890. The van der Waals surface area contributed by atoms with E-state index in [1.807, 2.05) is 0 Å². The molecule has 0 bridgehead atoms. The van der Waals surface area contributed by atoms with Gasteiger partial charge < -0.3 is 14.6 Å². The van der Waals surface area contributed by atoms with Crippen LogP contribution in [0.4, 0.5) is 10.5 Å². The van der Waals surface area contributed by atoms with Crippen LogP contribution in [-0.4, -0.2) is 36.7 Å². The molecule has 1 fully saturated rings. The van der Waals surface area contributed by atoms with E-state index in [1.165, 1.54) is 49.6 Å². The first kappa shape index (κ1) is 20.2. The van der Waals surface area contributed by atoms with Crippen molar-refractivity contribution >= 4 is 41.2 Å². The molecule has 2 N–H and O–H groups in total. The Hall–Kier alpha value is -3.52. The van der Waals surface area contributed by atoms with Gasteiger partial charge in [0, 0.05) is 0 Å². The summed E-state index contributed by atoms with van der Waals surface area (Å²) in [5.74, 6) is -1.13. The van der Waals surface area contributed by atoms with Crippen molar-refractivity contribution in [3.8, 4) is 17.2 Å². The number of phenols is 1. The van der Waals surface area contributed by atoms with Crippen molar-refractivity contribution in [3.63, 3.8) is 0 Å². The van der Waals surface area contributed by atoms with E-state index < -0.39 is 17.8 Å². The summed E-state index contributed by atoms with van der Waals surface area (Å²) in [7, 11) is 1.44. The molecule has 1 saturated heterocycles. The van der Waals surface area contributed by atoms with Crippen molar-refractivity contribution in [2.24, 2.45) is 0 Å². The number of nitrogens with zero attached hydrogens (tertiary/aromatic N) is 1. The average Bonchev–Trinajstić information content (AvgIpc) is 2.68. The van der Waals surface area contributed by atoms with Gasteiger partial charge in [-0.05, 0) is 48.9 Å². The fourth-order valence-electron chi connectivity index (χ4n) is 2.74. The summed E-state index contributed by atoms with van der Waals surface area (Å²) in [6, 6.07) is 7.86. The highest BCUT2D eigenvalue weighted by Crippen LogP contribution is 2.32. The second kappa shape index (κ2) is 8.24. The van der Waals surface area contributed by atoms with Crippen molar-refractivity contribution in [1.29, 1.82) is 0 Å². The number of phenolic OH excluding ortho intramolecular Hbond substituents is 1. The molecule has 0 aliphatic carbocycles. The average molecular weight is 417 g/mol. The first-order valence-electron chi connectivity index (χ1n) is 8.56. The van der Waals surface area contributed by atoms with E-state index in [1.54, 1.807) is 6.92 Å². The number of rotatable bonds is 5. The van der Waals surface area contributed by atoms with Crippen LogP contribution >= 0.6 is 11.6 Å². The van der Waals surface area contributed by atoms with Gasteiger partial charge in [0.1, 0.15) is 11.3 Å². The summed E-state index contributed by atoms with van der Waals surface area (Å²) in [6.07, 6.45) is 1.31. The van der Waals surface area contributed by atoms with Gasteiger partial charge in [0.2, 0.25) is 0 Å². The van der Waals surface area contributed by atoms with Crippen LogP contribution in [0.1, 0.15) is 12.5 Å². The molecule has 150 valence electrons. The number of ether oxygens (including phenoxy) is 2. The molecule has 9 heteroatoms. The molecule has 8 nitrogen and oxygen atoms in total. The van der Waals surface area contributed by atoms with Crippen LogP contribution in [0, 0.1) is 0 Å². The van der Waals surface area contributed by atoms with Gasteiger partial charge in [0.05, 0.1) is 24.4 Å². The fraction of sp³-hybridized carbons (Fsp3) is 0.150. The topological polar surface area (TPSA) is 105 Å². The number of anilines is 1. The predicted octanol–water partition coefficient (Wildman–Crippen LogP) is 3.12. The van der Waals surface area contributed by atoms with Gasteiger partial charge in [-0.2, -0.15) is 0 Å². The first-order chi connectivity index (χ1) is 13.8. The third kappa shape index (κ3) is 4.02. The van der Waals surface area contributed by atoms with Crippen LogP contribution < -0.4 is 19.7 Å². The SMILES string of the molecule is CCOc1cc(/C=C2/C(=O)NC(=O)N(c3ccc(OC)c(Cl)c3)C2=O)ccc1O. The second-order valence-corrected chi connectivity index (χ2v) is 6.34. The van der Waals surface area contributed by atoms with Crippen molar-refractivity contribution in [3.05, 3.63) is 52.6 Å². The normalized spacial score (nSPS) is 15.5. The lowest BCUT2D eigenvalue weighted by Crippen LogP contribution is -2.54. The molecule has 0 atom stereocenters. The Balaban J connectivity index is 2.00. The molecule has 0 saturated carbocycles. The van der Waals surface area contributed by atoms with E-state index in [9.17, 15) is 19.5 Å². The second-order valence-electron chi connectivity index (χ2n) is 5.94. The Bertz CT molecular complexity index is 1030. The summed E-state index contributed by atoms with van der Waals surface area (Å²) in [4.78, 5) is 38.3. The van der Waals surface area contributed by atoms with E-state index in [-0.39, 0.29) is 27.8 Å². The lowest BCUT2D eigenvalue weighted by molar-refractivity contribution is -0.122. The van der Waals surface area contributed by atoms with Crippen LogP contribution in [0.3, 0.4) is 0 Å². The highest BCUT2D eigenvalue weighted by molar-refractivity contribution is 6.39. The molecule has 0 radical (unpaired) electrons. The van der Waals surface area contributed by atoms with Gasteiger partial charge in [-0.15, -0.1) is 0 Å². The third-order valence-corrected chi connectivity index (χ3v) is 4.39. The van der Waals surface area contributed by atoms with E-state index in [2.05, 4.69) is 5.32 Å². The molecule has 29 heavy (non-hydrogen) atoms. The summed E-state index contributed by atoms with van der Waals surface area (Å²) in [5, 5.41) is 12.1. The standard InChI is InChI=1S/C20H17ClN2O6/c1-3-29-17-9-11(4-6-15(17)24)8-13-18(25)22-20(27)23(19(13)26)12-5-7-16(28-2)14(21)10-12/h4-10,24H,3H2,1-2H3,(H,22,25,27)/b13-8-. The smallest absolute Gasteiger partial charge is 0.335 e. The maximum Gasteiger partial charge on any atom is 0.335 e. The minimum absolute atomic E-state index is 0.0712. The maximum absolute atomic E-state index is 12.9. The Morgan fingerprint density at radius 3 is 2.55 bits per heavy atom. The summed E-state index contributed by atoms with van der Waals surface area (Å²) >= 11 is 6.09. The number of methoxy groups -OCH3 is 1. The molecule has 2 aromatic rings.